The molecule has 0 aliphatic carbocycles. The molecule has 1 saturated heterocycles. The molecule has 1 rings (SSSR count). The maximum absolute atomic E-state index is 10.2. The van der Waals surface area contributed by atoms with E-state index >= 15 is 0 Å². The van der Waals surface area contributed by atoms with Gasteiger partial charge < -0.3 is 11.1 Å². The molecule has 0 saturated carbocycles. The van der Waals surface area contributed by atoms with Gasteiger partial charge in [0.2, 0.25) is 5.91 Å². The summed E-state index contributed by atoms with van der Waals surface area (Å²) < 4.78 is 0. The summed E-state index contributed by atoms with van der Waals surface area (Å²) >= 11 is 0. The molecule has 1 amide bonds. The van der Waals surface area contributed by atoms with Crippen molar-refractivity contribution < 1.29 is 4.79 Å². The molecule has 0 aromatic rings. The minimum Gasteiger partial charge on any atom is -0.370 e. The molecule has 0 atom stereocenters. The molecule has 8 heavy (non-hydrogen) atoms. The van der Waals surface area contributed by atoms with Gasteiger partial charge >= 0.3 is 0 Å². The summed E-state index contributed by atoms with van der Waals surface area (Å²) in [5.74, 6) is 0.337. The largest absolute Gasteiger partial charge is 0.370 e. The molecule has 0 bridgehead atoms. The Labute approximate surface area is 48.2 Å². The molecular weight excluding hydrogens is 104 g/mol. The molecular formula is C5H10N2O. The summed E-state index contributed by atoms with van der Waals surface area (Å²) in [6.45, 7) is 1.92. The van der Waals surface area contributed by atoms with Crippen LogP contribution in [0.15, 0.2) is 0 Å². The van der Waals surface area contributed by atoms with E-state index in [0.29, 0.717) is 12.3 Å². The van der Waals surface area contributed by atoms with Gasteiger partial charge in [0.25, 0.3) is 0 Å². The molecule has 1 fully saturated rings. The van der Waals surface area contributed by atoms with Gasteiger partial charge in [-0.3, -0.25) is 4.79 Å². The van der Waals surface area contributed by atoms with Crippen LogP contribution in [0.3, 0.4) is 0 Å². The predicted octanol–water partition coefficient (Wildman–Crippen LogP) is -0.919. The number of hydrogen-bond acceptors (Lipinski definition) is 2. The standard InChI is InChI=1S/C5H10N2O/c6-5(8)1-4-2-7-3-4/h4,7H,1-3H2,(H2,6,8). The average molecular weight is 114 g/mol. The zero-order valence-electron chi connectivity index (χ0n) is 4.68. The van der Waals surface area contributed by atoms with Gasteiger partial charge in [-0.1, -0.05) is 0 Å². The summed E-state index contributed by atoms with van der Waals surface area (Å²) in [6, 6.07) is 0. The fourth-order valence-electron chi connectivity index (χ4n) is 0.777. The second kappa shape index (κ2) is 2.13. The molecule has 1 aliphatic rings. The molecule has 1 aliphatic heterocycles. The lowest BCUT2D eigenvalue weighted by Gasteiger charge is -2.25. The van der Waals surface area contributed by atoms with Crippen molar-refractivity contribution in [3.63, 3.8) is 0 Å². The Morgan fingerprint density at radius 2 is 2.38 bits per heavy atom. The SMILES string of the molecule is NC(=O)CC1CNC1. The lowest BCUT2D eigenvalue weighted by molar-refractivity contribution is -0.119. The van der Waals surface area contributed by atoms with Crippen molar-refractivity contribution in [1.29, 1.82) is 0 Å². The van der Waals surface area contributed by atoms with Crippen molar-refractivity contribution in [2.24, 2.45) is 11.7 Å². The quantitative estimate of drug-likeness (QED) is 0.488. The summed E-state index contributed by atoms with van der Waals surface area (Å²) in [7, 11) is 0. The van der Waals surface area contributed by atoms with E-state index in [2.05, 4.69) is 5.32 Å². The number of carbonyl (C=O) groups excluding carboxylic acids is 1. The van der Waals surface area contributed by atoms with Crippen LogP contribution in [0.1, 0.15) is 6.42 Å². The van der Waals surface area contributed by atoms with E-state index in [4.69, 9.17) is 5.73 Å². The van der Waals surface area contributed by atoms with Crippen LogP contribution in [-0.4, -0.2) is 19.0 Å². The second-order valence-electron chi connectivity index (χ2n) is 2.19. The van der Waals surface area contributed by atoms with Crippen LogP contribution < -0.4 is 11.1 Å². The summed E-state index contributed by atoms with van der Waals surface area (Å²) in [5.41, 5.74) is 4.94. The third kappa shape index (κ3) is 1.20. The normalized spacial score (nSPS) is 20.0. The fourth-order valence-corrected chi connectivity index (χ4v) is 0.777. The molecule has 3 N–H and O–H groups in total. The van der Waals surface area contributed by atoms with Crippen LogP contribution in [-0.2, 0) is 4.79 Å². The Morgan fingerprint density at radius 1 is 1.75 bits per heavy atom. The monoisotopic (exact) mass is 114 g/mol. The van der Waals surface area contributed by atoms with Gasteiger partial charge in [0, 0.05) is 6.42 Å². The molecule has 0 spiro atoms. The first kappa shape index (κ1) is 5.56. The highest BCUT2D eigenvalue weighted by Gasteiger charge is 2.17. The van der Waals surface area contributed by atoms with Crippen molar-refractivity contribution in [3.8, 4) is 0 Å². The van der Waals surface area contributed by atoms with Gasteiger partial charge in [-0.2, -0.15) is 0 Å². The van der Waals surface area contributed by atoms with Gasteiger partial charge in [-0.05, 0) is 19.0 Å². The molecule has 3 nitrogen and oxygen atoms in total. The van der Waals surface area contributed by atoms with Crippen molar-refractivity contribution in [2.75, 3.05) is 13.1 Å². The van der Waals surface area contributed by atoms with Crippen LogP contribution in [0.25, 0.3) is 0 Å². The topological polar surface area (TPSA) is 55.1 Å². The van der Waals surface area contributed by atoms with E-state index in [1.807, 2.05) is 0 Å². The van der Waals surface area contributed by atoms with Crippen LogP contribution >= 0.6 is 0 Å². The van der Waals surface area contributed by atoms with Gasteiger partial charge in [0.05, 0.1) is 0 Å². The van der Waals surface area contributed by atoms with Crippen LogP contribution in [0.5, 0.6) is 0 Å². The maximum atomic E-state index is 10.2. The first-order chi connectivity index (χ1) is 3.79. The molecule has 46 valence electrons. The number of rotatable bonds is 2. The van der Waals surface area contributed by atoms with Gasteiger partial charge in [-0.15, -0.1) is 0 Å². The molecule has 0 unspecified atom stereocenters. The number of primary amides is 1. The minimum atomic E-state index is -0.184. The lowest BCUT2D eigenvalue weighted by Crippen LogP contribution is -2.43. The zero-order valence-corrected chi connectivity index (χ0v) is 4.68. The summed E-state index contributed by atoms with van der Waals surface area (Å²) in [4.78, 5) is 10.2. The maximum Gasteiger partial charge on any atom is 0.217 e. The minimum absolute atomic E-state index is 0.184. The third-order valence-corrected chi connectivity index (χ3v) is 1.36. The highest BCUT2D eigenvalue weighted by Crippen LogP contribution is 2.05. The number of hydrogen-bond donors (Lipinski definition) is 2. The number of amides is 1. The number of nitrogens with one attached hydrogen (secondary N) is 1. The van der Waals surface area contributed by atoms with Gasteiger partial charge in [-0.25, -0.2) is 0 Å². The highest BCUT2D eigenvalue weighted by atomic mass is 16.1. The third-order valence-electron chi connectivity index (χ3n) is 1.36. The second-order valence-corrected chi connectivity index (χ2v) is 2.19. The van der Waals surface area contributed by atoms with E-state index in [1.165, 1.54) is 0 Å². The van der Waals surface area contributed by atoms with Crippen LogP contribution in [0.4, 0.5) is 0 Å². The predicted molar refractivity (Wildman–Crippen MR) is 30.2 cm³/mol. The van der Waals surface area contributed by atoms with Crippen molar-refractivity contribution in [3.05, 3.63) is 0 Å². The Morgan fingerprint density at radius 3 is 2.50 bits per heavy atom. The molecule has 0 aromatic heterocycles. The Bertz CT molecular complexity index is 98.6. The molecule has 0 radical (unpaired) electrons. The molecule has 1 heterocycles. The number of nitrogens with two attached hydrogens (primary N) is 1. The van der Waals surface area contributed by atoms with Crippen molar-refractivity contribution >= 4 is 5.91 Å². The van der Waals surface area contributed by atoms with E-state index in [1.54, 1.807) is 0 Å². The Kier molecular flexibility index (Phi) is 1.48. The van der Waals surface area contributed by atoms with Gasteiger partial charge in [0.15, 0.2) is 0 Å². The first-order valence-corrected chi connectivity index (χ1v) is 2.78. The molecule has 3 heteroatoms. The Hall–Kier alpha value is -0.570. The van der Waals surface area contributed by atoms with Crippen molar-refractivity contribution in [2.45, 2.75) is 6.42 Å². The summed E-state index contributed by atoms with van der Waals surface area (Å²) in [6.07, 6.45) is 0.549. The average Bonchev–Trinajstić information content (AvgIpc) is 1.55. The first-order valence-electron chi connectivity index (χ1n) is 2.78. The molecule has 0 aromatic carbocycles. The lowest BCUT2D eigenvalue weighted by atomic mass is 9.99. The Balaban J connectivity index is 2.09. The zero-order chi connectivity index (χ0) is 5.98. The van der Waals surface area contributed by atoms with Gasteiger partial charge in [0.1, 0.15) is 0 Å². The summed E-state index contributed by atoms with van der Waals surface area (Å²) in [5, 5.41) is 3.06. The van der Waals surface area contributed by atoms with E-state index in [-0.39, 0.29) is 5.91 Å². The van der Waals surface area contributed by atoms with E-state index < -0.39 is 0 Å². The number of carbonyl (C=O) groups is 1. The van der Waals surface area contributed by atoms with Crippen molar-refractivity contribution in [1.82, 2.24) is 5.32 Å². The smallest absolute Gasteiger partial charge is 0.217 e. The fraction of sp³-hybridized carbons (Fsp3) is 0.800. The van der Waals surface area contributed by atoms with E-state index in [9.17, 15) is 4.79 Å². The van der Waals surface area contributed by atoms with E-state index in [0.717, 1.165) is 13.1 Å². The van der Waals surface area contributed by atoms with Crippen LogP contribution in [0.2, 0.25) is 0 Å². The van der Waals surface area contributed by atoms with Crippen LogP contribution in [0, 0.1) is 5.92 Å². The highest BCUT2D eigenvalue weighted by molar-refractivity contribution is 5.74.